The highest BCUT2D eigenvalue weighted by Gasteiger charge is 2.05. The Balaban J connectivity index is 0. The average Bonchev–Trinajstić information content (AvgIpc) is 2.93. The van der Waals surface area contributed by atoms with Crippen LogP contribution in [0, 0.1) is 11.8 Å². The molecule has 0 aromatic rings. The molecule has 0 spiro atoms. The third-order valence-corrected chi connectivity index (χ3v) is 8.06. The lowest BCUT2D eigenvalue weighted by Crippen LogP contribution is -2.10. The molecule has 0 aliphatic carbocycles. The fourth-order valence-corrected chi connectivity index (χ4v) is 5.47. The molecule has 0 aromatic heterocycles. The summed E-state index contributed by atoms with van der Waals surface area (Å²) in [5.74, 6) is 1.67. The molecular weight excluding hydrogens is 544 g/mol. The molecule has 0 unspecified atom stereocenters. The van der Waals surface area contributed by atoms with E-state index in [9.17, 15) is 9.59 Å². The van der Waals surface area contributed by atoms with Gasteiger partial charge in [0, 0.05) is 12.8 Å². The lowest BCUT2D eigenvalue weighted by Gasteiger charge is -2.07. The Hall–Kier alpha value is -1.06. The third kappa shape index (κ3) is 43.1. The molecule has 4 nitrogen and oxygen atoms in total. The minimum atomic E-state index is -0.0357. The molecule has 0 fully saturated rings. The van der Waals surface area contributed by atoms with Crippen LogP contribution in [0.4, 0.5) is 0 Å². The number of carbonyl (C=O) groups excluding carboxylic acids is 2. The van der Waals surface area contributed by atoms with E-state index in [0.29, 0.717) is 12.8 Å². The van der Waals surface area contributed by atoms with Crippen LogP contribution in [-0.2, 0) is 19.1 Å². The summed E-state index contributed by atoms with van der Waals surface area (Å²) in [5, 5.41) is 0. The van der Waals surface area contributed by atoms with E-state index in [1.807, 2.05) is 27.7 Å². The molecule has 0 atom stereocenters. The summed E-state index contributed by atoms with van der Waals surface area (Å²) >= 11 is 0. The molecule has 0 rings (SSSR count). The van der Waals surface area contributed by atoms with Crippen molar-refractivity contribution in [3.05, 3.63) is 0 Å². The van der Waals surface area contributed by atoms with Gasteiger partial charge in [0.2, 0.25) is 0 Å². The van der Waals surface area contributed by atoms with Gasteiger partial charge in [-0.25, -0.2) is 0 Å². The lowest BCUT2D eigenvalue weighted by atomic mass is 10.0. The topological polar surface area (TPSA) is 52.6 Å². The first kappa shape index (κ1) is 45.1. The van der Waals surface area contributed by atoms with Gasteiger partial charge in [0.05, 0.1) is 12.2 Å². The number of esters is 2. The number of unbranched alkanes of at least 4 members (excludes halogenated alkanes) is 20. The van der Waals surface area contributed by atoms with E-state index in [2.05, 4.69) is 27.7 Å². The van der Waals surface area contributed by atoms with Crippen molar-refractivity contribution in [2.45, 2.75) is 235 Å². The molecule has 0 bridgehead atoms. The molecule has 0 aromatic carbocycles. The van der Waals surface area contributed by atoms with Crippen molar-refractivity contribution in [3.8, 4) is 0 Å². The zero-order valence-corrected chi connectivity index (χ0v) is 31.3. The summed E-state index contributed by atoms with van der Waals surface area (Å²) in [6.07, 6.45) is 33.2. The predicted molar refractivity (Wildman–Crippen MR) is 192 cm³/mol. The molecule has 0 aliphatic rings. The van der Waals surface area contributed by atoms with Crippen LogP contribution in [0.15, 0.2) is 0 Å². The highest BCUT2D eigenvalue weighted by Crippen LogP contribution is 2.16. The maximum atomic E-state index is 11.4. The van der Waals surface area contributed by atoms with E-state index >= 15 is 0 Å². The zero-order chi connectivity index (χ0) is 33.3. The first-order valence-corrected chi connectivity index (χ1v) is 19.4. The fraction of sp³-hybridized carbons (Fsp3) is 0.950. The van der Waals surface area contributed by atoms with Crippen LogP contribution in [0.5, 0.6) is 0 Å². The van der Waals surface area contributed by atoms with Gasteiger partial charge in [-0.15, -0.1) is 0 Å². The van der Waals surface area contributed by atoms with Gasteiger partial charge >= 0.3 is 11.9 Å². The molecule has 4 heteroatoms. The molecule has 0 saturated heterocycles. The second-order valence-electron chi connectivity index (χ2n) is 14.7. The molecule has 0 N–H and O–H groups in total. The standard InChI is InChI=1S/C21H42O2.C19H38O2/c1-19(2)17-15-13-11-9-7-5-6-8-10-12-14-16-18-21(22)23-20(3)4;1-17(2)15-13-11-9-7-5-6-8-10-12-14-16-19(20)21-18(3)4/h19-20H,5-18H2,1-4H3;17-18H,5-16H2,1-4H3. The molecule has 0 aliphatic heterocycles. The van der Waals surface area contributed by atoms with Gasteiger partial charge in [-0.3, -0.25) is 9.59 Å². The van der Waals surface area contributed by atoms with Crippen molar-refractivity contribution in [2.75, 3.05) is 0 Å². The highest BCUT2D eigenvalue weighted by molar-refractivity contribution is 5.69. The van der Waals surface area contributed by atoms with Crippen LogP contribution in [0.1, 0.15) is 222 Å². The van der Waals surface area contributed by atoms with Crippen LogP contribution in [0.3, 0.4) is 0 Å². The Morgan fingerprint density at radius 2 is 0.545 bits per heavy atom. The summed E-state index contributed by atoms with van der Waals surface area (Å²) in [6.45, 7) is 16.9. The van der Waals surface area contributed by atoms with Crippen LogP contribution >= 0.6 is 0 Å². The molecule has 44 heavy (non-hydrogen) atoms. The summed E-state index contributed by atoms with van der Waals surface area (Å²) < 4.78 is 10.2. The molecule has 264 valence electrons. The average molecular weight is 625 g/mol. The van der Waals surface area contributed by atoms with E-state index in [1.54, 1.807) is 0 Å². The predicted octanol–water partition coefficient (Wildman–Crippen LogP) is 13.3. The minimum absolute atomic E-state index is 0.0257. The first-order valence-electron chi connectivity index (χ1n) is 19.4. The van der Waals surface area contributed by atoms with Crippen LogP contribution in [-0.4, -0.2) is 24.1 Å². The van der Waals surface area contributed by atoms with Gasteiger partial charge in [-0.1, -0.05) is 169 Å². The largest absolute Gasteiger partial charge is 0.463 e. The smallest absolute Gasteiger partial charge is 0.306 e. The number of ether oxygens (including phenoxy) is 2. The van der Waals surface area contributed by atoms with Crippen molar-refractivity contribution < 1.29 is 19.1 Å². The van der Waals surface area contributed by atoms with Crippen LogP contribution in [0.2, 0.25) is 0 Å². The Morgan fingerprint density at radius 1 is 0.341 bits per heavy atom. The van der Waals surface area contributed by atoms with E-state index in [4.69, 9.17) is 9.47 Å². The maximum absolute atomic E-state index is 11.4. The third-order valence-electron chi connectivity index (χ3n) is 8.06. The van der Waals surface area contributed by atoms with Gasteiger partial charge in [0.1, 0.15) is 0 Å². The minimum Gasteiger partial charge on any atom is -0.463 e. The quantitative estimate of drug-likeness (QED) is 0.0589. The van der Waals surface area contributed by atoms with Crippen molar-refractivity contribution in [1.82, 2.24) is 0 Å². The Morgan fingerprint density at radius 3 is 0.750 bits per heavy atom. The van der Waals surface area contributed by atoms with E-state index in [0.717, 1.165) is 24.7 Å². The summed E-state index contributed by atoms with van der Waals surface area (Å²) in [6, 6.07) is 0. The zero-order valence-electron chi connectivity index (χ0n) is 31.3. The summed E-state index contributed by atoms with van der Waals surface area (Å²) in [7, 11) is 0. The van der Waals surface area contributed by atoms with E-state index in [1.165, 1.54) is 141 Å². The van der Waals surface area contributed by atoms with Gasteiger partial charge in [-0.2, -0.15) is 0 Å². The van der Waals surface area contributed by atoms with Crippen molar-refractivity contribution in [3.63, 3.8) is 0 Å². The molecule has 0 heterocycles. The van der Waals surface area contributed by atoms with Gasteiger partial charge in [0.15, 0.2) is 0 Å². The van der Waals surface area contributed by atoms with E-state index < -0.39 is 0 Å². The number of rotatable bonds is 30. The van der Waals surface area contributed by atoms with Crippen LogP contribution in [0.25, 0.3) is 0 Å². The second-order valence-corrected chi connectivity index (χ2v) is 14.7. The van der Waals surface area contributed by atoms with Gasteiger partial charge in [0.25, 0.3) is 0 Å². The summed E-state index contributed by atoms with van der Waals surface area (Å²) in [4.78, 5) is 22.7. The number of carbonyl (C=O) groups is 2. The number of hydrogen-bond acceptors (Lipinski definition) is 4. The monoisotopic (exact) mass is 625 g/mol. The van der Waals surface area contributed by atoms with Crippen molar-refractivity contribution in [2.24, 2.45) is 11.8 Å². The normalized spacial score (nSPS) is 11.4. The van der Waals surface area contributed by atoms with E-state index in [-0.39, 0.29) is 24.1 Å². The highest BCUT2D eigenvalue weighted by atomic mass is 16.5. The van der Waals surface area contributed by atoms with Crippen molar-refractivity contribution >= 4 is 11.9 Å². The molecular formula is C40H80O4. The van der Waals surface area contributed by atoms with Crippen molar-refractivity contribution in [1.29, 1.82) is 0 Å². The fourth-order valence-electron chi connectivity index (χ4n) is 5.47. The summed E-state index contributed by atoms with van der Waals surface area (Å²) in [5.41, 5.74) is 0. The Labute approximate surface area is 277 Å². The SMILES string of the molecule is CC(C)CCCCCCCCCCCCC(=O)OC(C)C.CC(C)CCCCCCCCCCCCCCC(=O)OC(C)C. The molecule has 0 radical (unpaired) electrons. The van der Waals surface area contributed by atoms with Crippen LogP contribution < -0.4 is 0 Å². The van der Waals surface area contributed by atoms with Gasteiger partial charge in [-0.05, 0) is 52.4 Å². The Bertz CT molecular complexity index is 596. The lowest BCUT2D eigenvalue weighted by molar-refractivity contribution is -0.148. The Kier molecular flexibility index (Phi) is 35.6. The molecule has 0 amide bonds. The first-order chi connectivity index (χ1) is 21.0. The van der Waals surface area contributed by atoms with Gasteiger partial charge < -0.3 is 9.47 Å². The second kappa shape index (κ2) is 34.8. The molecule has 0 saturated carbocycles. The number of hydrogen-bond donors (Lipinski definition) is 0. The maximum Gasteiger partial charge on any atom is 0.306 e.